The molecule has 0 aliphatic rings. The van der Waals surface area contributed by atoms with Crippen molar-refractivity contribution in [2.24, 2.45) is 0 Å². The minimum absolute atomic E-state index is 0.269. The van der Waals surface area contributed by atoms with E-state index in [0.29, 0.717) is 0 Å². The fraction of sp³-hybridized carbons (Fsp3) is 0.125. The first-order valence-corrected chi connectivity index (χ1v) is 18.1. The summed E-state index contributed by atoms with van der Waals surface area (Å²) in [5.41, 5.74) is 15.4. The van der Waals surface area contributed by atoms with Gasteiger partial charge in [0.2, 0.25) is 0 Å². The number of para-hydroxylation sites is 1. The standard InChI is InChI=1S/C48H39N3O/c1-30(2)41-26-37(33-14-9-6-10-15-33)27-42(31(3)4)46(41)51-44-24-25-49-29-43(44)50-48(51)40-17-11-16-39-38-23-22-36(28-45(38)52-47(39)40)35-20-18-34(19-21-35)32-12-7-5-8-13-32/h5-31H,1-4H3. The lowest BCUT2D eigenvalue weighted by atomic mass is 9.88. The average molecular weight is 674 g/mol. The molecule has 3 heterocycles. The second-order valence-electron chi connectivity index (χ2n) is 14.3. The number of aromatic nitrogens is 3. The third kappa shape index (κ3) is 5.39. The quantitative estimate of drug-likeness (QED) is 0.169. The zero-order valence-corrected chi connectivity index (χ0v) is 29.8. The lowest BCUT2D eigenvalue weighted by molar-refractivity contribution is 0.669. The molecule has 9 rings (SSSR count). The maximum atomic E-state index is 6.84. The normalized spacial score (nSPS) is 11.8. The van der Waals surface area contributed by atoms with Crippen LogP contribution >= 0.6 is 0 Å². The molecule has 0 amide bonds. The number of fused-ring (bicyclic) bond motifs is 4. The van der Waals surface area contributed by atoms with Gasteiger partial charge in [-0.3, -0.25) is 9.55 Å². The van der Waals surface area contributed by atoms with Crippen LogP contribution in [-0.2, 0) is 0 Å². The minimum Gasteiger partial charge on any atom is -0.455 e. The molecular weight excluding hydrogens is 635 g/mol. The molecule has 0 fully saturated rings. The smallest absolute Gasteiger partial charge is 0.149 e. The maximum absolute atomic E-state index is 6.84. The first-order chi connectivity index (χ1) is 25.4. The van der Waals surface area contributed by atoms with E-state index >= 15 is 0 Å². The Morgan fingerprint density at radius 1 is 0.538 bits per heavy atom. The monoisotopic (exact) mass is 673 g/mol. The highest BCUT2D eigenvalue weighted by atomic mass is 16.3. The van der Waals surface area contributed by atoms with Crippen molar-refractivity contribution in [3.8, 4) is 50.5 Å². The number of hydrogen-bond acceptors (Lipinski definition) is 3. The van der Waals surface area contributed by atoms with Gasteiger partial charge in [-0.05, 0) is 92.7 Å². The van der Waals surface area contributed by atoms with Crippen molar-refractivity contribution in [1.29, 1.82) is 0 Å². The van der Waals surface area contributed by atoms with Gasteiger partial charge in [0.25, 0.3) is 0 Å². The highest BCUT2D eigenvalue weighted by Crippen LogP contribution is 2.43. The third-order valence-corrected chi connectivity index (χ3v) is 10.3. The van der Waals surface area contributed by atoms with E-state index in [1.165, 1.54) is 39.1 Å². The molecule has 0 radical (unpaired) electrons. The van der Waals surface area contributed by atoms with Crippen molar-refractivity contribution in [1.82, 2.24) is 14.5 Å². The van der Waals surface area contributed by atoms with Crippen molar-refractivity contribution in [3.63, 3.8) is 0 Å². The van der Waals surface area contributed by atoms with Gasteiger partial charge in [0, 0.05) is 17.0 Å². The Labute approximate surface area is 304 Å². The van der Waals surface area contributed by atoms with Gasteiger partial charge in [-0.1, -0.05) is 131 Å². The predicted molar refractivity (Wildman–Crippen MR) is 216 cm³/mol. The van der Waals surface area contributed by atoms with Crippen LogP contribution in [0.5, 0.6) is 0 Å². The molecule has 0 unspecified atom stereocenters. The van der Waals surface area contributed by atoms with Crippen LogP contribution in [0.15, 0.2) is 156 Å². The van der Waals surface area contributed by atoms with Crippen LogP contribution < -0.4 is 0 Å². The van der Waals surface area contributed by atoms with E-state index in [9.17, 15) is 0 Å². The molecule has 3 aromatic heterocycles. The topological polar surface area (TPSA) is 43.9 Å². The van der Waals surface area contributed by atoms with Gasteiger partial charge in [-0.15, -0.1) is 0 Å². The average Bonchev–Trinajstić information content (AvgIpc) is 3.76. The van der Waals surface area contributed by atoms with Gasteiger partial charge in [-0.25, -0.2) is 4.98 Å². The Bertz CT molecular complexity index is 2690. The number of furan rings is 1. The van der Waals surface area contributed by atoms with Crippen molar-refractivity contribution >= 4 is 33.0 Å². The van der Waals surface area contributed by atoms with Crippen LogP contribution in [0.1, 0.15) is 50.7 Å². The second-order valence-corrected chi connectivity index (χ2v) is 14.3. The molecule has 0 aliphatic heterocycles. The Morgan fingerprint density at radius 3 is 1.79 bits per heavy atom. The molecular formula is C48H39N3O. The molecule has 0 saturated heterocycles. The van der Waals surface area contributed by atoms with Gasteiger partial charge in [-0.2, -0.15) is 0 Å². The number of benzene rings is 6. The van der Waals surface area contributed by atoms with Gasteiger partial charge in [0.15, 0.2) is 0 Å². The highest BCUT2D eigenvalue weighted by molar-refractivity contribution is 6.10. The molecule has 6 aromatic carbocycles. The molecule has 0 N–H and O–H groups in total. The van der Waals surface area contributed by atoms with Gasteiger partial charge < -0.3 is 4.42 Å². The number of rotatable bonds is 7. The summed E-state index contributed by atoms with van der Waals surface area (Å²) in [6, 6.07) is 49.7. The summed E-state index contributed by atoms with van der Waals surface area (Å²) in [4.78, 5) is 9.78. The number of imidazole rings is 1. The Balaban J connectivity index is 1.23. The van der Waals surface area contributed by atoms with E-state index in [1.54, 1.807) is 0 Å². The summed E-state index contributed by atoms with van der Waals surface area (Å²) >= 11 is 0. The Hall–Kier alpha value is -6.26. The van der Waals surface area contributed by atoms with E-state index in [4.69, 9.17) is 9.40 Å². The van der Waals surface area contributed by atoms with E-state index in [-0.39, 0.29) is 11.8 Å². The predicted octanol–water partition coefficient (Wildman–Crippen LogP) is 13.2. The second kappa shape index (κ2) is 12.8. The zero-order chi connectivity index (χ0) is 35.3. The summed E-state index contributed by atoms with van der Waals surface area (Å²) in [7, 11) is 0. The summed E-state index contributed by atoms with van der Waals surface area (Å²) in [6.07, 6.45) is 3.73. The summed E-state index contributed by atoms with van der Waals surface area (Å²) in [6.45, 7) is 9.13. The zero-order valence-electron chi connectivity index (χ0n) is 29.8. The van der Waals surface area contributed by atoms with Crippen LogP contribution in [0.4, 0.5) is 0 Å². The molecule has 252 valence electrons. The van der Waals surface area contributed by atoms with Crippen LogP contribution in [0.25, 0.3) is 83.4 Å². The van der Waals surface area contributed by atoms with Crippen molar-refractivity contribution in [2.45, 2.75) is 39.5 Å². The SMILES string of the molecule is CC(C)c1cc(-c2ccccc2)cc(C(C)C)c1-n1c(-c2cccc3c2oc2cc(-c4ccc(-c5ccccc5)cc4)ccc23)nc2cnccc21. The summed E-state index contributed by atoms with van der Waals surface area (Å²) in [5, 5.41) is 2.16. The molecule has 0 aliphatic carbocycles. The number of nitrogens with zero attached hydrogens (tertiary/aromatic N) is 3. The first kappa shape index (κ1) is 31.7. The van der Waals surface area contributed by atoms with Gasteiger partial charge >= 0.3 is 0 Å². The Morgan fingerprint density at radius 2 is 1.13 bits per heavy atom. The van der Waals surface area contributed by atoms with Gasteiger partial charge in [0.1, 0.15) is 22.5 Å². The molecule has 0 bridgehead atoms. The van der Waals surface area contributed by atoms with Crippen LogP contribution in [-0.4, -0.2) is 14.5 Å². The van der Waals surface area contributed by atoms with E-state index in [0.717, 1.165) is 55.5 Å². The van der Waals surface area contributed by atoms with Crippen molar-refractivity contribution in [2.75, 3.05) is 0 Å². The number of pyridine rings is 1. The molecule has 0 spiro atoms. The fourth-order valence-corrected chi connectivity index (χ4v) is 7.59. The van der Waals surface area contributed by atoms with Gasteiger partial charge in [0.05, 0.1) is 23.0 Å². The lowest BCUT2D eigenvalue weighted by Gasteiger charge is -2.24. The van der Waals surface area contributed by atoms with E-state index in [2.05, 4.69) is 171 Å². The number of hydrogen-bond donors (Lipinski definition) is 0. The van der Waals surface area contributed by atoms with E-state index in [1.807, 2.05) is 18.5 Å². The fourth-order valence-electron chi connectivity index (χ4n) is 7.59. The van der Waals surface area contributed by atoms with Crippen molar-refractivity contribution in [3.05, 3.63) is 163 Å². The molecule has 0 saturated carbocycles. The van der Waals surface area contributed by atoms with Crippen LogP contribution in [0.2, 0.25) is 0 Å². The van der Waals surface area contributed by atoms with Crippen LogP contribution in [0.3, 0.4) is 0 Å². The molecule has 4 heteroatoms. The Kier molecular flexibility index (Phi) is 7.81. The first-order valence-electron chi connectivity index (χ1n) is 18.1. The largest absolute Gasteiger partial charge is 0.455 e. The lowest BCUT2D eigenvalue weighted by Crippen LogP contribution is -2.09. The van der Waals surface area contributed by atoms with Crippen LogP contribution in [0, 0.1) is 0 Å². The molecule has 4 nitrogen and oxygen atoms in total. The molecule has 0 atom stereocenters. The maximum Gasteiger partial charge on any atom is 0.149 e. The molecule has 9 aromatic rings. The van der Waals surface area contributed by atoms with Crippen molar-refractivity contribution < 1.29 is 4.42 Å². The van der Waals surface area contributed by atoms with E-state index < -0.39 is 0 Å². The molecule has 52 heavy (non-hydrogen) atoms. The minimum atomic E-state index is 0.269. The summed E-state index contributed by atoms with van der Waals surface area (Å²) < 4.78 is 9.20. The third-order valence-electron chi connectivity index (χ3n) is 10.3. The summed E-state index contributed by atoms with van der Waals surface area (Å²) in [5.74, 6) is 1.39. The highest BCUT2D eigenvalue weighted by Gasteiger charge is 2.25.